The second-order valence-electron chi connectivity index (χ2n) is 5.36. The number of fused-ring (bicyclic) bond motifs is 1. The lowest BCUT2D eigenvalue weighted by atomic mass is 10.1. The summed E-state index contributed by atoms with van der Waals surface area (Å²) in [7, 11) is 0. The number of para-hydroxylation sites is 1. The Balaban J connectivity index is 1.69. The molecule has 3 nitrogen and oxygen atoms in total. The van der Waals surface area contributed by atoms with Crippen molar-refractivity contribution in [2.75, 3.05) is 16.8 Å². The molecule has 108 valence electrons. The van der Waals surface area contributed by atoms with Gasteiger partial charge in [0, 0.05) is 21.0 Å². The predicted octanol–water partition coefficient (Wildman–Crippen LogP) is 3.68. The summed E-state index contributed by atoms with van der Waals surface area (Å²) < 4.78 is 1.16. The quantitative estimate of drug-likeness (QED) is 0.809. The van der Waals surface area contributed by atoms with Crippen molar-refractivity contribution in [2.45, 2.75) is 19.4 Å². The molecule has 0 unspecified atom stereocenters. The molecule has 1 amide bonds. The molecule has 0 fully saturated rings. The summed E-state index contributed by atoms with van der Waals surface area (Å²) in [6.45, 7) is 2.56. The minimum atomic E-state index is 0.0276. The summed E-state index contributed by atoms with van der Waals surface area (Å²) in [5.74, 6) is 0.0276. The Morgan fingerprint density at radius 2 is 1.95 bits per heavy atom. The van der Waals surface area contributed by atoms with E-state index in [1.807, 2.05) is 30.3 Å². The average Bonchev–Trinajstić information content (AvgIpc) is 2.78. The Bertz CT molecular complexity index is 654. The van der Waals surface area contributed by atoms with E-state index in [1.54, 1.807) is 0 Å². The normalized spacial score (nSPS) is 16.7. The molecule has 4 heteroatoms. The van der Waals surface area contributed by atoms with Gasteiger partial charge in [-0.2, -0.15) is 0 Å². The van der Waals surface area contributed by atoms with E-state index in [9.17, 15) is 4.79 Å². The summed E-state index contributed by atoms with van der Waals surface area (Å²) in [5.41, 5.74) is 3.36. The molecule has 1 aliphatic rings. The van der Waals surface area contributed by atoms with Gasteiger partial charge in [0.2, 0.25) is 5.91 Å². The molecule has 1 N–H and O–H groups in total. The molecule has 2 aromatic carbocycles. The van der Waals surface area contributed by atoms with Gasteiger partial charge in [-0.15, -0.1) is 0 Å². The zero-order valence-corrected chi connectivity index (χ0v) is 14.0. The Morgan fingerprint density at radius 3 is 2.71 bits per heavy atom. The molecule has 1 aliphatic heterocycles. The number of carbonyl (C=O) groups excluding carboxylic acids is 1. The first kappa shape index (κ1) is 14.4. The molecule has 0 spiro atoms. The number of amides is 1. The smallest absolute Gasteiger partial charge is 0.243 e. The summed E-state index contributed by atoms with van der Waals surface area (Å²) in [6, 6.07) is 16.5. The Hall–Kier alpha value is -1.56. The van der Waals surface area contributed by atoms with Crippen LogP contribution < -0.4 is 10.2 Å². The fraction of sp³-hybridized carbons (Fsp3) is 0.235. The molecule has 0 bridgehead atoms. The van der Waals surface area contributed by atoms with Crippen molar-refractivity contribution in [2.24, 2.45) is 0 Å². The van der Waals surface area contributed by atoms with Gasteiger partial charge in [0.1, 0.15) is 0 Å². The van der Waals surface area contributed by atoms with Gasteiger partial charge in [0.15, 0.2) is 0 Å². The van der Waals surface area contributed by atoms with Crippen LogP contribution in [0.1, 0.15) is 12.5 Å². The average molecular weight is 392 g/mol. The second kappa shape index (κ2) is 6.05. The highest BCUT2D eigenvalue weighted by molar-refractivity contribution is 14.1. The maximum Gasteiger partial charge on any atom is 0.243 e. The van der Waals surface area contributed by atoms with Crippen molar-refractivity contribution in [1.82, 2.24) is 0 Å². The number of benzene rings is 2. The van der Waals surface area contributed by atoms with Crippen molar-refractivity contribution >= 4 is 39.9 Å². The molecule has 3 rings (SSSR count). The second-order valence-corrected chi connectivity index (χ2v) is 6.61. The topological polar surface area (TPSA) is 32.3 Å². The standard InChI is InChI=1S/C17H17IN2O/c1-12-10-13-4-2-3-5-16(13)20(12)11-17(21)19-15-8-6-14(18)7-9-15/h2-9,12H,10-11H2,1H3,(H,19,21)/t12-/m0/s1. The van der Waals surface area contributed by atoms with E-state index in [-0.39, 0.29) is 5.91 Å². The number of anilines is 2. The van der Waals surface area contributed by atoms with Crippen LogP contribution in [0.25, 0.3) is 0 Å². The zero-order valence-electron chi connectivity index (χ0n) is 11.8. The van der Waals surface area contributed by atoms with E-state index >= 15 is 0 Å². The Kier molecular flexibility index (Phi) is 4.14. The van der Waals surface area contributed by atoms with E-state index in [2.05, 4.69) is 57.9 Å². The van der Waals surface area contributed by atoms with Gasteiger partial charge in [-0.1, -0.05) is 18.2 Å². The molecule has 21 heavy (non-hydrogen) atoms. The first-order valence-corrected chi connectivity index (χ1v) is 8.11. The van der Waals surface area contributed by atoms with Crippen LogP contribution in [0.4, 0.5) is 11.4 Å². The lowest BCUT2D eigenvalue weighted by molar-refractivity contribution is -0.115. The minimum absolute atomic E-state index is 0.0276. The molecule has 1 heterocycles. The number of hydrogen-bond acceptors (Lipinski definition) is 2. The SMILES string of the molecule is C[C@H]1Cc2ccccc2N1CC(=O)Nc1ccc(I)cc1. The first-order valence-electron chi connectivity index (χ1n) is 7.03. The number of carbonyl (C=O) groups is 1. The third-order valence-corrected chi connectivity index (χ3v) is 4.51. The Morgan fingerprint density at radius 1 is 1.24 bits per heavy atom. The third kappa shape index (κ3) is 3.20. The van der Waals surface area contributed by atoms with Crippen LogP contribution in [-0.4, -0.2) is 18.5 Å². The van der Waals surface area contributed by atoms with Crippen LogP contribution in [0.5, 0.6) is 0 Å². The van der Waals surface area contributed by atoms with Gasteiger partial charge in [-0.05, 0) is 71.8 Å². The molecule has 0 saturated heterocycles. The third-order valence-electron chi connectivity index (χ3n) is 3.79. The molecular weight excluding hydrogens is 375 g/mol. The van der Waals surface area contributed by atoms with Gasteiger partial charge in [-0.25, -0.2) is 0 Å². The van der Waals surface area contributed by atoms with E-state index in [0.29, 0.717) is 12.6 Å². The molecule has 0 radical (unpaired) electrons. The van der Waals surface area contributed by atoms with Crippen molar-refractivity contribution < 1.29 is 4.79 Å². The van der Waals surface area contributed by atoms with Crippen LogP contribution >= 0.6 is 22.6 Å². The molecule has 0 aromatic heterocycles. The molecule has 2 aromatic rings. The molecule has 1 atom stereocenters. The van der Waals surface area contributed by atoms with Gasteiger partial charge < -0.3 is 10.2 Å². The van der Waals surface area contributed by atoms with Gasteiger partial charge >= 0.3 is 0 Å². The summed E-state index contributed by atoms with van der Waals surface area (Å²) in [6.07, 6.45) is 1.01. The first-order chi connectivity index (χ1) is 10.1. The van der Waals surface area contributed by atoms with Crippen LogP contribution in [-0.2, 0) is 11.2 Å². The van der Waals surface area contributed by atoms with Crippen LogP contribution in [0.3, 0.4) is 0 Å². The lowest BCUT2D eigenvalue weighted by Crippen LogP contribution is -2.37. The Labute approximate surface area is 138 Å². The maximum absolute atomic E-state index is 12.3. The largest absolute Gasteiger partial charge is 0.359 e. The summed E-state index contributed by atoms with van der Waals surface area (Å²) in [5, 5.41) is 2.96. The van der Waals surface area contributed by atoms with Crippen molar-refractivity contribution in [3.05, 3.63) is 57.7 Å². The predicted molar refractivity (Wildman–Crippen MR) is 94.7 cm³/mol. The van der Waals surface area contributed by atoms with Crippen LogP contribution in [0, 0.1) is 3.57 Å². The van der Waals surface area contributed by atoms with Crippen molar-refractivity contribution in [1.29, 1.82) is 0 Å². The van der Waals surface area contributed by atoms with E-state index in [4.69, 9.17) is 0 Å². The molecule has 0 aliphatic carbocycles. The fourth-order valence-electron chi connectivity index (χ4n) is 2.76. The van der Waals surface area contributed by atoms with E-state index in [0.717, 1.165) is 15.7 Å². The number of hydrogen-bond donors (Lipinski definition) is 1. The number of halogens is 1. The highest BCUT2D eigenvalue weighted by atomic mass is 127. The van der Waals surface area contributed by atoms with E-state index in [1.165, 1.54) is 11.3 Å². The monoisotopic (exact) mass is 392 g/mol. The maximum atomic E-state index is 12.3. The molecule has 0 saturated carbocycles. The molecular formula is C17H17IN2O. The number of rotatable bonds is 3. The van der Waals surface area contributed by atoms with E-state index < -0.39 is 0 Å². The lowest BCUT2D eigenvalue weighted by Gasteiger charge is -2.24. The van der Waals surface area contributed by atoms with Crippen LogP contribution in [0.15, 0.2) is 48.5 Å². The van der Waals surface area contributed by atoms with Gasteiger partial charge in [0.05, 0.1) is 6.54 Å². The zero-order chi connectivity index (χ0) is 14.8. The summed E-state index contributed by atoms with van der Waals surface area (Å²) in [4.78, 5) is 14.4. The number of nitrogens with zero attached hydrogens (tertiary/aromatic N) is 1. The van der Waals surface area contributed by atoms with Crippen LogP contribution in [0.2, 0.25) is 0 Å². The highest BCUT2D eigenvalue weighted by Gasteiger charge is 2.26. The van der Waals surface area contributed by atoms with Crippen molar-refractivity contribution in [3.63, 3.8) is 0 Å². The highest BCUT2D eigenvalue weighted by Crippen LogP contribution is 2.31. The fourth-order valence-corrected chi connectivity index (χ4v) is 3.12. The number of nitrogens with one attached hydrogen (secondary N) is 1. The van der Waals surface area contributed by atoms with Crippen molar-refractivity contribution in [3.8, 4) is 0 Å². The summed E-state index contributed by atoms with van der Waals surface area (Å²) >= 11 is 2.25. The van der Waals surface area contributed by atoms with Gasteiger partial charge in [-0.3, -0.25) is 4.79 Å². The minimum Gasteiger partial charge on any atom is -0.359 e. The van der Waals surface area contributed by atoms with Gasteiger partial charge in [0.25, 0.3) is 0 Å².